The number of hydrogen-bond acceptors (Lipinski definition) is 2. The van der Waals surface area contributed by atoms with Crippen molar-refractivity contribution < 1.29 is 9.13 Å². The van der Waals surface area contributed by atoms with Crippen LogP contribution >= 0.6 is 0 Å². The van der Waals surface area contributed by atoms with Crippen LogP contribution in [0.5, 0.6) is 0 Å². The third kappa shape index (κ3) is 2.20. The van der Waals surface area contributed by atoms with E-state index in [2.05, 4.69) is 4.90 Å². The molecular weight excluding hydrogens is 169 g/mol. The SMILES string of the molecule is CC1(F)CCN(C2CCOCC2)C1. The van der Waals surface area contributed by atoms with E-state index in [4.69, 9.17) is 4.74 Å². The molecule has 2 nitrogen and oxygen atoms in total. The van der Waals surface area contributed by atoms with Crippen molar-refractivity contribution in [2.24, 2.45) is 0 Å². The van der Waals surface area contributed by atoms with E-state index in [0.29, 0.717) is 19.0 Å². The predicted molar refractivity (Wildman–Crippen MR) is 49.5 cm³/mol. The zero-order chi connectivity index (χ0) is 9.31. The minimum Gasteiger partial charge on any atom is -0.381 e. The number of rotatable bonds is 1. The predicted octanol–water partition coefficient (Wildman–Crippen LogP) is 1.60. The molecule has 0 bridgehead atoms. The maximum absolute atomic E-state index is 13.5. The summed E-state index contributed by atoms with van der Waals surface area (Å²) < 4.78 is 18.8. The molecule has 0 saturated carbocycles. The number of halogens is 1. The van der Waals surface area contributed by atoms with Crippen LogP contribution in [-0.2, 0) is 4.74 Å². The molecule has 3 heteroatoms. The molecule has 13 heavy (non-hydrogen) atoms. The number of alkyl halides is 1. The lowest BCUT2D eigenvalue weighted by molar-refractivity contribution is 0.0367. The van der Waals surface area contributed by atoms with Gasteiger partial charge in [-0.25, -0.2) is 4.39 Å². The highest BCUT2D eigenvalue weighted by molar-refractivity contribution is 4.90. The minimum absolute atomic E-state index is 0.575. The van der Waals surface area contributed by atoms with E-state index < -0.39 is 5.67 Å². The molecule has 2 fully saturated rings. The summed E-state index contributed by atoms with van der Waals surface area (Å²) >= 11 is 0. The lowest BCUT2D eigenvalue weighted by atomic mass is 10.1. The molecule has 76 valence electrons. The Morgan fingerprint density at radius 3 is 2.62 bits per heavy atom. The molecule has 1 atom stereocenters. The molecule has 2 heterocycles. The zero-order valence-corrected chi connectivity index (χ0v) is 8.26. The van der Waals surface area contributed by atoms with Gasteiger partial charge >= 0.3 is 0 Å². The largest absolute Gasteiger partial charge is 0.381 e. The summed E-state index contributed by atoms with van der Waals surface area (Å²) in [5.41, 5.74) is -0.946. The summed E-state index contributed by atoms with van der Waals surface area (Å²) in [6, 6.07) is 0.575. The molecular formula is C10H18FNO. The first-order valence-corrected chi connectivity index (χ1v) is 5.18. The van der Waals surface area contributed by atoms with Gasteiger partial charge in [0.2, 0.25) is 0 Å². The Morgan fingerprint density at radius 2 is 2.08 bits per heavy atom. The van der Waals surface area contributed by atoms with Crippen molar-refractivity contribution in [2.75, 3.05) is 26.3 Å². The van der Waals surface area contributed by atoms with Crippen molar-refractivity contribution in [3.63, 3.8) is 0 Å². The Hall–Kier alpha value is -0.150. The van der Waals surface area contributed by atoms with Gasteiger partial charge < -0.3 is 4.74 Å². The van der Waals surface area contributed by atoms with Crippen molar-refractivity contribution in [1.29, 1.82) is 0 Å². The summed E-state index contributed by atoms with van der Waals surface area (Å²) in [7, 11) is 0. The molecule has 0 N–H and O–H groups in total. The third-order valence-electron chi connectivity index (χ3n) is 3.16. The maximum Gasteiger partial charge on any atom is 0.122 e. The van der Waals surface area contributed by atoms with Crippen molar-refractivity contribution in [3.8, 4) is 0 Å². The van der Waals surface area contributed by atoms with Crippen molar-refractivity contribution in [1.82, 2.24) is 4.90 Å². The average Bonchev–Trinajstić information content (AvgIpc) is 2.48. The van der Waals surface area contributed by atoms with E-state index >= 15 is 0 Å². The highest BCUT2D eigenvalue weighted by Gasteiger charge is 2.36. The van der Waals surface area contributed by atoms with E-state index in [1.807, 2.05) is 0 Å². The molecule has 2 aliphatic rings. The fourth-order valence-corrected chi connectivity index (χ4v) is 2.32. The normalized spacial score (nSPS) is 38.3. The van der Waals surface area contributed by atoms with Crippen LogP contribution in [0, 0.1) is 0 Å². The Kier molecular flexibility index (Phi) is 2.56. The molecule has 0 aliphatic carbocycles. The first-order valence-electron chi connectivity index (χ1n) is 5.18. The second-order valence-electron chi connectivity index (χ2n) is 4.48. The van der Waals surface area contributed by atoms with Gasteiger partial charge in [-0.3, -0.25) is 4.90 Å². The van der Waals surface area contributed by atoms with Crippen LogP contribution in [0.25, 0.3) is 0 Å². The summed E-state index contributed by atoms with van der Waals surface area (Å²) in [6.45, 7) is 4.97. The van der Waals surface area contributed by atoms with Gasteiger partial charge in [0, 0.05) is 32.3 Å². The molecule has 0 aromatic rings. The smallest absolute Gasteiger partial charge is 0.122 e. The summed E-state index contributed by atoms with van der Waals surface area (Å²) in [4.78, 5) is 2.29. The monoisotopic (exact) mass is 187 g/mol. The highest BCUT2D eigenvalue weighted by atomic mass is 19.1. The van der Waals surface area contributed by atoms with Crippen LogP contribution in [0.4, 0.5) is 4.39 Å². The molecule has 0 spiro atoms. The van der Waals surface area contributed by atoms with E-state index in [1.165, 1.54) is 0 Å². The van der Waals surface area contributed by atoms with E-state index in [0.717, 1.165) is 32.6 Å². The molecule has 0 aromatic heterocycles. The number of hydrogen-bond donors (Lipinski definition) is 0. The van der Waals surface area contributed by atoms with Gasteiger partial charge in [-0.1, -0.05) is 0 Å². The van der Waals surface area contributed by atoms with Crippen LogP contribution in [0.2, 0.25) is 0 Å². The van der Waals surface area contributed by atoms with Crippen LogP contribution in [-0.4, -0.2) is 42.9 Å². The summed E-state index contributed by atoms with van der Waals surface area (Å²) in [6.07, 6.45) is 2.86. The van der Waals surface area contributed by atoms with Crippen LogP contribution in [0.1, 0.15) is 26.2 Å². The summed E-state index contributed by atoms with van der Waals surface area (Å²) in [5, 5.41) is 0. The van der Waals surface area contributed by atoms with Gasteiger partial charge in [0.25, 0.3) is 0 Å². The zero-order valence-electron chi connectivity index (χ0n) is 8.26. The van der Waals surface area contributed by atoms with Crippen molar-refractivity contribution in [2.45, 2.75) is 37.9 Å². The Morgan fingerprint density at radius 1 is 1.38 bits per heavy atom. The molecule has 0 radical (unpaired) electrons. The fourth-order valence-electron chi connectivity index (χ4n) is 2.32. The van der Waals surface area contributed by atoms with Crippen molar-refractivity contribution >= 4 is 0 Å². The first-order chi connectivity index (χ1) is 6.17. The molecule has 0 amide bonds. The van der Waals surface area contributed by atoms with Gasteiger partial charge in [-0.15, -0.1) is 0 Å². The van der Waals surface area contributed by atoms with Crippen molar-refractivity contribution in [3.05, 3.63) is 0 Å². The molecule has 0 aromatic carbocycles. The van der Waals surface area contributed by atoms with Crippen LogP contribution < -0.4 is 0 Å². The van der Waals surface area contributed by atoms with Gasteiger partial charge in [0.05, 0.1) is 0 Å². The number of nitrogens with zero attached hydrogens (tertiary/aromatic N) is 1. The van der Waals surface area contributed by atoms with Gasteiger partial charge in [-0.2, -0.15) is 0 Å². The van der Waals surface area contributed by atoms with Crippen LogP contribution in [0.15, 0.2) is 0 Å². The molecule has 2 saturated heterocycles. The number of ether oxygens (including phenoxy) is 1. The maximum atomic E-state index is 13.5. The lowest BCUT2D eigenvalue weighted by Gasteiger charge is -2.31. The van der Waals surface area contributed by atoms with Crippen LogP contribution in [0.3, 0.4) is 0 Å². The Bertz CT molecular complexity index is 178. The highest BCUT2D eigenvalue weighted by Crippen LogP contribution is 2.28. The van der Waals surface area contributed by atoms with E-state index in [9.17, 15) is 4.39 Å². The average molecular weight is 187 g/mol. The first kappa shape index (κ1) is 9.41. The molecule has 2 aliphatic heterocycles. The lowest BCUT2D eigenvalue weighted by Crippen LogP contribution is -2.39. The molecule has 2 rings (SSSR count). The third-order valence-corrected chi connectivity index (χ3v) is 3.16. The summed E-state index contributed by atoms with van der Waals surface area (Å²) in [5.74, 6) is 0. The minimum atomic E-state index is -0.946. The quantitative estimate of drug-likeness (QED) is 0.618. The van der Waals surface area contributed by atoms with Gasteiger partial charge in [0.15, 0.2) is 0 Å². The second kappa shape index (κ2) is 3.54. The topological polar surface area (TPSA) is 12.5 Å². The van der Waals surface area contributed by atoms with Gasteiger partial charge in [0.1, 0.15) is 5.67 Å². The molecule has 1 unspecified atom stereocenters. The number of likely N-dealkylation sites (tertiary alicyclic amines) is 1. The Labute approximate surface area is 79.1 Å². The van der Waals surface area contributed by atoms with E-state index in [-0.39, 0.29) is 0 Å². The second-order valence-corrected chi connectivity index (χ2v) is 4.48. The van der Waals surface area contributed by atoms with Gasteiger partial charge in [-0.05, 0) is 26.2 Å². The Balaban J connectivity index is 1.87. The van der Waals surface area contributed by atoms with E-state index in [1.54, 1.807) is 6.92 Å². The standard InChI is InChI=1S/C10H18FNO/c1-10(11)4-5-12(8-10)9-2-6-13-7-3-9/h9H,2-8H2,1H3. The fraction of sp³-hybridized carbons (Fsp3) is 1.00.